The van der Waals surface area contributed by atoms with Gasteiger partial charge in [0.25, 0.3) is 0 Å². The number of ether oxygens (including phenoxy) is 1. The van der Waals surface area contributed by atoms with Crippen molar-refractivity contribution in [2.24, 2.45) is 5.92 Å². The lowest BCUT2D eigenvalue weighted by Gasteiger charge is -2.47. The average molecular weight is 270 g/mol. The Morgan fingerprint density at radius 3 is 2.42 bits per heavy atom. The summed E-state index contributed by atoms with van der Waals surface area (Å²) >= 11 is 0. The molecule has 0 aromatic heterocycles. The van der Waals surface area contributed by atoms with Crippen LogP contribution in [0.2, 0.25) is 0 Å². The van der Waals surface area contributed by atoms with E-state index in [0.29, 0.717) is 6.61 Å². The van der Waals surface area contributed by atoms with E-state index in [0.717, 1.165) is 6.42 Å². The second kappa shape index (κ2) is 5.90. The molecule has 0 aromatic rings. The largest absolute Gasteiger partial charge is 0.383 e. The molecule has 0 spiro atoms. The van der Waals surface area contributed by atoms with Crippen LogP contribution >= 0.6 is 0 Å². The van der Waals surface area contributed by atoms with Crippen molar-refractivity contribution < 1.29 is 14.3 Å². The Bertz CT molecular complexity index is 355. The van der Waals surface area contributed by atoms with Crippen LogP contribution < -0.4 is 5.32 Å². The number of rotatable bonds is 5. The summed E-state index contributed by atoms with van der Waals surface area (Å²) in [6.07, 6.45) is 0.849. The number of carbonyl (C=O) groups is 2. The van der Waals surface area contributed by atoms with E-state index in [4.69, 9.17) is 4.74 Å². The van der Waals surface area contributed by atoms with Gasteiger partial charge in [-0.1, -0.05) is 20.3 Å². The van der Waals surface area contributed by atoms with Crippen molar-refractivity contribution in [2.75, 3.05) is 13.7 Å². The molecule has 3 unspecified atom stereocenters. The molecule has 2 amide bonds. The molecule has 1 aliphatic heterocycles. The molecule has 0 bridgehead atoms. The zero-order chi connectivity index (χ0) is 14.8. The van der Waals surface area contributed by atoms with Gasteiger partial charge in [-0.25, -0.2) is 0 Å². The number of nitrogens with one attached hydrogen (secondary N) is 1. The molecule has 0 saturated carbocycles. The van der Waals surface area contributed by atoms with E-state index < -0.39 is 11.6 Å². The molecule has 1 aliphatic rings. The first-order valence-corrected chi connectivity index (χ1v) is 6.90. The lowest BCUT2D eigenvalue weighted by Crippen LogP contribution is -2.71. The first kappa shape index (κ1) is 16.0. The maximum atomic E-state index is 12.6. The van der Waals surface area contributed by atoms with Crippen molar-refractivity contribution in [3.63, 3.8) is 0 Å². The van der Waals surface area contributed by atoms with E-state index in [-0.39, 0.29) is 23.8 Å². The van der Waals surface area contributed by atoms with Crippen LogP contribution in [0.4, 0.5) is 0 Å². The third-order valence-corrected chi connectivity index (χ3v) is 3.84. The molecular formula is C14H26N2O3. The maximum absolute atomic E-state index is 12.6. The summed E-state index contributed by atoms with van der Waals surface area (Å²) in [5, 5.41) is 2.83. The van der Waals surface area contributed by atoms with Gasteiger partial charge in [0.2, 0.25) is 11.8 Å². The fourth-order valence-electron chi connectivity index (χ4n) is 2.56. The highest BCUT2D eigenvalue weighted by Gasteiger charge is 2.48. The van der Waals surface area contributed by atoms with Gasteiger partial charge in [-0.3, -0.25) is 9.59 Å². The summed E-state index contributed by atoms with van der Waals surface area (Å²) in [5.41, 5.74) is -0.844. The normalized spacial score (nSPS) is 26.0. The third kappa shape index (κ3) is 3.08. The second-order valence-electron chi connectivity index (χ2n) is 5.96. The van der Waals surface area contributed by atoms with Crippen molar-refractivity contribution >= 4 is 11.8 Å². The van der Waals surface area contributed by atoms with Crippen LogP contribution in [0.3, 0.4) is 0 Å². The molecule has 1 rings (SSSR count). The molecule has 3 atom stereocenters. The first-order chi connectivity index (χ1) is 8.76. The minimum absolute atomic E-state index is 0.0399. The van der Waals surface area contributed by atoms with Crippen molar-refractivity contribution in [2.45, 2.75) is 58.7 Å². The van der Waals surface area contributed by atoms with Crippen LogP contribution in [0.1, 0.15) is 41.0 Å². The fraction of sp³-hybridized carbons (Fsp3) is 0.857. The molecular weight excluding hydrogens is 244 g/mol. The zero-order valence-corrected chi connectivity index (χ0v) is 12.8. The quantitative estimate of drug-likeness (QED) is 0.816. The molecule has 0 radical (unpaired) electrons. The molecule has 0 aromatic carbocycles. The molecule has 1 heterocycles. The minimum atomic E-state index is -0.844. The van der Waals surface area contributed by atoms with Crippen molar-refractivity contribution in [3.8, 4) is 0 Å². The van der Waals surface area contributed by atoms with Gasteiger partial charge in [0.15, 0.2) is 0 Å². The standard InChI is InChI=1S/C14H26N2O3/c1-7-9(2)11-12(17)15-14(4,5)13(18)16(11)10(3)8-19-6/h9-11H,7-8H2,1-6H3,(H,15,17). The van der Waals surface area contributed by atoms with Crippen LogP contribution in [-0.4, -0.2) is 48.1 Å². The van der Waals surface area contributed by atoms with Gasteiger partial charge in [0, 0.05) is 7.11 Å². The Morgan fingerprint density at radius 2 is 1.95 bits per heavy atom. The van der Waals surface area contributed by atoms with Crippen molar-refractivity contribution in [1.29, 1.82) is 0 Å². The zero-order valence-electron chi connectivity index (χ0n) is 12.8. The average Bonchev–Trinajstić information content (AvgIpc) is 2.32. The fourth-order valence-corrected chi connectivity index (χ4v) is 2.56. The summed E-state index contributed by atoms with van der Waals surface area (Å²) in [6.45, 7) is 9.87. The Morgan fingerprint density at radius 1 is 1.37 bits per heavy atom. The number of piperazine rings is 1. The number of methoxy groups -OCH3 is 1. The lowest BCUT2D eigenvalue weighted by molar-refractivity contribution is -0.159. The Balaban J connectivity index is 3.12. The van der Waals surface area contributed by atoms with Gasteiger partial charge < -0.3 is 15.0 Å². The molecule has 110 valence electrons. The maximum Gasteiger partial charge on any atom is 0.248 e. The van der Waals surface area contributed by atoms with Gasteiger partial charge in [-0.05, 0) is 26.7 Å². The first-order valence-electron chi connectivity index (χ1n) is 6.90. The Hall–Kier alpha value is -1.10. The molecule has 5 nitrogen and oxygen atoms in total. The van der Waals surface area contributed by atoms with E-state index in [1.807, 2.05) is 20.8 Å². The van der Waals surface area contributed by atoms with Crippen LogP contribution in [0, 0.1) is 5.92 Å². The minimum Gasteiger partial charge on any atom is -0.383 e. The van der Waals surface area contributed by atoms with Crippen molar-refractivity contribution in [1.82, 2.24) is 10.2 Å². The van der Waals surface area contributed by atoms with E-state index in [1.165, 1.54) is 0 Å². The lowest BCUT2D eigenvalue weighted by atomic mass is 9.88. The summed E-state index contributed by atoms with van der Waals surface area (Å²) in [7, 11) is 1.61. The Kier molecular flexibility index (Phi) is 4.96. The summed E-state index contributed by atoms with van der Waals surface area (Å²) in [5.74, 6) is 0.0169. The third-order valence-electron chi connectivity index (χ3n) is 3.84. The SMILES string of the molecule is CCC(C)C1C(=O)NC(C)(C)C(=O)N1C(C)COC. The van der Waals surface area contributed by atoms with E-state index in [9.17, 15) is 9.59 Å². The smallest absolute Gasteiger partial charge is 0.248 e. The van der Waals surface area contributed by atoms with Gasteiger partial charge in [0.1, 0.15) is 11.6 Å². The van der Waals surface area contributed by atoms with Gasteiger partial charge in [-0.2, -0.15) is 0 Å². The van der Waals surface area contributed by atoms with Gasteiger partial charge >= 0.3 is 0 Å². The predicted octanol–water partition coefficient (Wildman–Crippen LogP) is 1.17. The summed E-state index contributed by atoms with van der Waals surface area (Å²) in [6, 6.07) is -0.516. The Labute approximate surface area is 115 Å². The highest BCUT2D eigenvalue weighted by molar-refractivity contribution is 5.99. The highest BCUT2D eigenvalue weighted by Crippen LogP contribution is 2.26. The number of hydrogen-bond donors (Lipinski definition) is 1. The van der Waals surface area contributed by atoms with Crippen LogP contribution in [0.25, 0.3) is 0 Å². The molecule has 5 heteroatoms. The molecule has 19 heavy (non-hydrogen) atoms. The van der Waals surface area contributed by atoms with Crippen LogP contribution in [0.5, 0.6) is 0 Å². The predicted molar refractivity (Wildman–Crippen MR) is 73.6 cm³/mol. The number of nitrogens with zero attached hydrogens (tertiary/aromatic N) is 1. The second-order valence-corrected chi connectivity index (χ2v) is 5.96. The molecule has 0 aliphatic carbocycles. The van der Waals surface area contributed by atoms with Gasteiger partial charge in [0.05, 0.1) is 12.6 Å². The van der Waals surface area contributed by atoms with Crippen LogP contribution in [-0.2, 0) is 14.3 Å². The molecule has 1 fully saturated rings. The van der Waals surface area contributed by atoms with Crippen molar-refractivity contribution in [3.05, 3.63) is 0 Å². The topological polar surface area (TPSA) is 58.6 Å². The summed E-state index contributed by atoms with van der Waals surface area (Å²) in [4.78, 5) is 26.6. The highest BCUT2D eigenvalue weighted by atomic mass is 16.5. The van der Waals surface area contributed by atoms with E-state index in [2.05, 4.69) is 5.32 Å². The number of amides is 2. The van der Waals surface area contributed by atoms with Crippen LogP contribution in [0.15, 0.2) is 0 Å². The molecule has 1 saturated heterocycles. The number of carbonyl (C=O) groups excluding carboxylic acids is 2. The summed E-state index contributed by atoms with van der Waals surface area (Å²) < 4.78 is 5.14. The van der Waals surface area contributed by atoms with E-state index in [1.54, 1.807) is 25.9 Å². The monoisotopic (exact) mass is 270 g/mol. The number of hydrogen-bond acceptors (Lipinski definition) is 3. The molecule has 1 N–H and O–H groups in total. The van der Waals surface area contributed by atoms with E-state index >= 15 is 0 Å². The van der Waals surface area contributed by atoms with Gasteiger partial charge in [-0.15, -0.1) is 0 Å².